The van der Waals surface area contributed by atoms with Gasteiger partial charge in [0, 0.05) is 17.7 Å². The van der Waals surface area contributed by atoms with Crippen molar-refractivity contribution in [2.24, 2.45) is 5.73 Å². The van der Waals surface area contributed by atoms with E-state index in [4.69, 9.17) is 25.4 Å². The number of carbonyl (C=O) groups excluding carboxylic acids is 4. The molecule has 0 fully saturated rings. The van der Waals surface area contributed by atoms with Crippen LogP contribution in [0.25, 0.3) is 6.08 Å². The zero-order chi connectivity index (χ0) is 30.5. The van der Waals surface area contributed by atoms with Crippen LogP contribution in [-0.4, -0.2) is 71.4 Å². The van der Waals surface area contributed by atoms with Crippen LogP contribution in [-0.2, 0) is 28.7 Å². The molecule has 0 saturated carbocycles. The summed E-state index contributed by atoms with van der Waals surface area (Å²) in [6.07, 6.45) is 0.532. The van der Waals surface area contributed by atoms with Crippen molar-refractivity contribution in [3.63, 3.8) is 0 Å². The second kappa shape index (κ2) is 15.6. The van der Waals surface area contributed by atoms with Gasteiger partial charge >= 0.3 is 23.9 Å². The molecule has 4 N–H and O–H groups in total. The summed E-state index contributed by atoms with van der Waals surface area (Å²) in [5, 5.41) is 16.6. The van der Waals surface area contributed by atoms with E-state index in [-0.39, 0.29) is 42.5 Å². The number of ether oxygens (including phenoxy) is 3. The fourth-order valence-corrected chi connectivity index (χ4v) is 3.67. The number of amides is 1. The maximum absolute atomic E-state index is 13.4. The van der Waals surface area contributed by atoms with Gasteiger partial charge < -0.3 is 30.0 Å². The number of esters is 3. The molecule has 0 aromatic heterocycles. The van der Waals surface area contributed by atoms with Gasteiger partial charge in [-0.3, -0.25) is 19.8 Å². The molecule has 2 rings (SSSR count). The second-order valence-corrected chi connectivity index (χ2v) is 8.70. The minimum Gasteiger partial charge on any atom is -0.481 e. The van der Waals surface area contributed by atoms with Gasteiger partial charge in [0.1, 0.15) is 17.6 Å². The molecule has 0 bridgehead atoms. The minimum atomic E-state index is -1.38. The van der Waals surface area contributed by atoms with E-state index < -0.39 is 48.7 Å². The number of benzene rings is 2. The Kier molecular flexibility index (Phi) is 12.2. The first kappa shape index (κ1) is 32.2. The first-order valence-corrected chi connectivity index (χ1v) is 12.8. The number of carbonyl (C=O) groups is 5. The van der Waals surface area contributed by atoms with Crippen LogP contribution in [0.1, 0.15) is 55.1 Å². The summed E-state index contributed by atoms with van der Waals surface area (Å²) in [5.41, 5.74) is 6.83. The lowest BCUT2D eigenvalue weighted by molar-refractivity contribution is -0.159. The van der Waals surface area contributed by atoms with Crippen LogP contribution in [0, 0.1) is 5.41 Å². The van der Waals surface area contributed by atoms with Gasteiger partial charge in [0.2, 0.25) is 5.91 Å². The number of nitrogens with two attached hydrogens (primary N) is 1. The summed E-state index contributed by atoms with van der Waals surface area (Å²) in [4.78, 5) is 63.1. The maximum atomic E-state index is 13.4. The monoisotopic (exact) mass is 567 g/mol. The van der Waals surface area contributed by atoms with Gasteiger partial charge in [0.05, 0.1) is 31.6 Å². The molecule has 0 spiro atoms. The SMILES string of the molecule is CCOC(=O)C[C@@H](C(=O)OCC)N(CCC(=O)O)C(=O)C(C)=Cc1ccc(C(=O)Oc2ccc(C(=N)N)cc2)cc1. The third kappa shape index (κ3) is 9.92. The molecule has 1 atom stereocenters. The summed E-state index contributed by atoms with van der Waals surface area (Å²) < 4.78 is 15.3. The van der Waals surface area contributed by atoms with E-state index in [1.165, 1.54) is 37.3 Å². The minimum absolute atomic E-state index is 0.00749. The normalized spacial score (nSPS) is 11.6. The van der Waals surface area contributed by atoms with Crippen molar-refractivity contribution >= 4 is 41.7 Å². The number of amidine groups is 1. The van der Waals surface area contributed by atoms with Crippen molar-refractivity contribution in [1.82, 2.24) is 4.90 Å². The van der Waals surface area contributed by atoms with Crippen molar-refractivity contribution in [2.45, 2.75) is 39.7 Å². The van der Waals surface area contributed by atoms with E-state index >= 15 is 0 Å². The van der Waals surface area contributed by atoms with Crippen molar-refractivity contribution in [1.29, 1.82) is 5.41 Å². The molecule has 41 heavy (non-hydrogen) atoms. The number of rotatable bonds is 14. The first-order chi connectivity index (χ1) is 19.5. The van der Waals surface area contributed by atoms with Crippen LogP contribution in [0.5, 0.6) is 5.75 Å². The lowest BCUT2D eigenvalue weighted by atomic mass is 10.1. The predicted octanol–water partition coefficient (Wildman–Crippen LogP) is 2.78. The molecule has 218 valence electrons. The summed E-state index contributed by atoms with van der Waals surface area (Å²) in [6, 6.07) is 10.9. The fraction of sp³-hybridized carbons (Fsp3) is 0.310. The highest BCUT2D eigenvalue weighted by Crippen LogP contribution is 2.18. The molecule has 1 amide bonds. The number of hydrogen-bond donors (Lipinski definition) is 3. The Labute approximate surface area is 237 Å². The average Bonchev–Trinajstić information content (AvgIpc) is 2.93. The zero-order valence-corrected chi connectivity index (χ0v) is 23.0. The fourth-order valence-electron chi connectivity index (χ4n) is 3.67. The molecule has 2 aromatic carbocycles. The molecule has 0 aliphatic heterocycles. The van der Waals surface area contributed by atoms with Crippen LogP contribution in [0.2, 0.25) is 0 Å². The third-order valence-electron chi connectivity index (χ3n) is 5.67. The quantitative estimate of drug-likeness (QED) is 0.101. The van der Waals surface area contributed by atoms with Crippen LogP contribution in [0.4, 0.5) is 0 Å². The highest BCUT2D eigenvalue weighted by Gasteiger charge is 2.34. The van der Waals surface area contributed by atoms with E-state index in [0.29, 0.717) is 11.1 Å². The van der Waals surface area contributed by atoms with Crippen molar-refractivity contribution in [2.75, 3.05) is 19.8 Å². The zero-order valence-electron chi connectivity index (χ0n) is 23.0. The number of carboxylic acids is 1. The van der Waals surface area contributed by atoms with Crippen molar-refractivity contribution in [3.8, 4) is 5.75 Å². The summed E-state index contributed by atoms with van der Waals surface area (Å²) >= 11 is 0. The Hall–Kier alpha value is -5.00. The molecule has 0 radical (unpaired) electrons. The van der Waals surface area contributed by atoms with E-state index in [1.807, 2.05) is 0 Å². The molecule has 12 heteroatoms. The molecule has 0 aliphatic carbocycles. The van der Waals surface area contributed by atoms with Gasteiger partial charge in [0.25, 0.3) is 0 Å². The predicted molar refractivity (Wildman–Crippen MR) is 148 cm³/mol. The number of nitrogen functional groups attached to an aromatic ring is 1. The highest BCUT2D eigenvalue weighted by atomic mass is 16.5. The van der Waals surface area contributed by atoms with Gasteiger partial charge in [-0.15, -0.1) is 0 Å². The Bertz CT molecular complexity index is 1300. The summed E-state index contributed by atoms with van der Waals surface area (Å²) in [6.45, 7) is 4.35. The van der Waals surface area contributed by atoms with E-state index in [1.54, 1.807) is 38.1 Å². The maximum Gasteiger partial charge on any atom is 0.343 e. The molecular weight excluding hydrogens is 534 g/mol. The molecule has 2 aromatic rings. The molecule has 0 saturated heterocycles. The highest BCUT2D eigenvalue weighted by molar-refractivity contribution is 6.00. The van der Waals surface area contributed by atoms with Crippen LogP contribution < -0.4 is 10.5 Å². The van der Waals surface area contributed by atoms with E-state index in [2.05, 4.69) is 0 Å². The Balaban J connectivity index is 2.25. The van der Waals surface area contributed by atoms with Crippen molar-refractivity contribution < 1.29 is 43.3 Å². The second-order valence-electron chi connectivity index (χ2n) is 8.70. The molecule has 0 aliphatic rings. The van der Waals surface area contributed by atoms with E-state index in [0.717, 1.165) is 4.90 Å². The lowest BCUT2D eigenvalue weighted by Crippen LogP contribution is -2.48. The average molecular weight is 568 g/mol. The van der Waals surface area contributed by atoms with Gasteiger partial charge in [-0.05, 0) is 68.8 Å². The number of aliphatic carboxylic acids is 1. The van der Waals surface area contributed by atoms with Crippen LogP contribution in [0.15, 0.2) is 54.1 Å². The largest absolute Gasteiger partial charge is 0.481 e. The van der Waals surface area contributed by atoms with E-state index in [9.17, 15) is 29.1 Å². The Morgan fingerprint density at radius 2 is 1.54 bits per heavy atom. The smallest absolute Gasteiger partial charge is 0.343 e. The summed E-state index contributed by atoms with van der Waals surface area (Å²) in [7, 11) is 0. The van der Waals surface area contributed by atoms with Crippen molar-refractivity contribution in [3.05, 3.63) is 70.8 Å². The number of hydrogen-bond acceptors (Lipinski definition) is 9. The van der Waals surface area contributed by atoms with Crippen LogP contribution >= 0.6 is 0 Å². The number of nitrogens with zero attached hydrogens (tertiary/aromatic N) is 1. The molecule has 0 unspecified atom stereocenters. The third-order valence-corrected chi connectivity index (χ3v) is 5.67. The lowest BCUT2D eigenvalue weighted by Gasteiger charge is -2.29. The van der Waals surface area contributed by atoms with Gasteiger partial charge in [-0.25, -0.2) is 9.59 Å². The van der Waals surface area contributed by atoms with Gasteiger partial charge in [0.15, 0.2) is 0 Å². The topological polar surface area (TPSA) is 186 Å². The Morgan fingerprint density at radius 3 is 2.07 bits per heavy atom. The van der Waals surface area contributed by atoms with Crippen LogP contribution in [0.3, 0.4) is 0 Å². The first-order valence-electron chi connectivity index (χ1n) is 12.8. The Morgan fingerprint density at radius 1 is 0.951 bits per heavy atom. The standard InChI is InChI=1S/C29H33N3O9/c1-4-39-25(35)17-23(29(38)40-5-2)32(15-14-24(33)34)27(36)18(3)16-19-6-8-21(9-7-19)28(37)41-22-12-10-20(11-13-22)26(30)31/h6-13,16,23H,4-5,14-15,17H2,1-3H3,(H3,30,31)(H,33,34)/t23-/m0/s1. The van der Waals surface area contributed by atoms with Gasteiger partial charge in [-0.1, -0.05) is 12.1 Å². The molecular formula is C29H33N3O9. The number of nitrogens with one attached hydrogen (secondary N) is 1. The molecule has 0 heterocycles. The van der Waals surface area contributed by atoms with Gasteiger partial charge in [-0.2, -0.15) is 0 Å². The number of carboxylic acid groups (broad SMARTS) is 1. The summed E-state index contributed by atoms with van der Waals surface area (Å²) in [5.74, 6) is -3.93. The molecule has 12 nitrogen and oxygen atoms in total.